The lowest BCUT2D eigenvalue weighted by Crippen LogP contribution is -1.97. The fourth-order valence-electron chi connectivity index (χ4n) is 2.37. The fraction of sp³-hybridized carbons (Fsp3) is 0.100. The fourth-order valence-corrected chi connectivity index (χ4v) is 3.23. The Balaban J connectivity index is 1.74. The van der Waals surface area contributed by atoms with Crippen molar-refractivity contribution in [2.45, 2.75) is 13.0 Å². The highest BCUT2D eigenvalue weighted by atomic mass is 79.9. The molecule has 0 saturated carbocycles. The predicted molar refractivity (Wildman–Crippen MR) is 104 cm³/mol. The van der Waals surface area contributed by atoms with Gasteiger partial charge in [0.25, 0.3) is 0 Å². The molecule has 0 spiro atoms. The van der Waals surface area contributed by atoms with Crippen LogP contribution < -0.4 is 4.74 Å². The van der Waals surface area contributed by atoms with Gasteiger partial charge in [0.2, 0.25) is 0 Å². The van der Waals surface area contributed by atoms with Crippen molar-refractivity contribution in [3.63, 3.8) is 0 Å². The number of halogens is 3. The Hall–Kier alpha value is -1.48. The van der Waals surface area contributed by atoms with Crippen LogP contribution in [0.4, 0.5) is 0 Å². The van der Waals surface area contributed by atoms with Crippen molar-refractivity contribution in [2.75, 3.05) is 0 Å². The van der Waals surface area contributed by atoms with Crippen molar-refractivity contribution in [2.24, 2.45) is 0 Å². The van der Waals surface area contributed by atoms with Gasteiger partial charge < -0.3 is 4.74 Å². The number of benzene rings is 3. The third-order valence-corrected chi connectivity index (χ3v) is 4.87. The van der Waals surface area contributed by atoms with Crippen LogP contribution in [0.2, 0.25) is 10.0 Å². The van der Waals surface area contributed by atoms with Crippen LogP contribution in [0, 0.1) is 0 Å². The van der Waals surface area contributed by atoms with E-state index < -0.39 is 0 Å². The second-order valence-electron chi connectivity index (χ2n) is 5.45. The first-order valence-corrected chi connectivity index (χ1v) is 9.06. The van der Waals surface area contributed by atoms with Crippen molar-refractivity contribution in [3.05, 3.63) is 97.9 Å². The van der Waals surface area contributed by atoms with Gasteiger partial charge in [-0.2, -0.15) is 0 Å². The molecule has 0 saturated heterocycles. The van der Waals surface area contributed by atoms with Gasteiger partial charge in [0, 0.05) is 16.1 Å². The molecule has 0 N–H and O–H groups in total. The summed E-state index contributed by atoms with van der Waals surface area (Å²) in [6, 6.07) is 21.7. The van der Waals surface area contributed by atoms with Gasteiger partial charge in [0.05, 0.1) is 4.47 Å². The molecule has 0 aromatic heterocycles. The molecule has 122 valence electrons. The summed E-state index contributed by atoms with van der Waals surface area (Å²) < 4.78 is 6.77. The van der Waals surface area contributed by atoms with Gasteiger partial charge in [0.15, 0.2) is 0 Å². The Bertz CT molecular complexity index is 817. The molecule has 24 heavy (non-hydrogen) atoms. The molecule has 0 unspecified atom stereocenters. The van der Waals surface area contributed by atoms with Crippen LogP contribution >= 0.6 is 39.1 Å². The van der Waals surface area contributed by atoms with E-state index in [0.717, 1.165) is 38.4 Å². The minimum Gasteiger partial charge on any atom is -0.488 e. The van der Waals surface area contributed by atoms with Crippen molar-refractivity contribution < 1.29 is 4.74 Å². The zero-order valence-corrected chi connectivity index (χ0v) is 15.9. The molecule has 0 heterocycles. The summed E-state index contributed by atoms with van der Waals surface area (Å²) in [5, 5.41) is 1.42. The summed E-state index contributed by atoms with van der Waals surface area (Å²) in [4.78, 5) is 0. The molecule has 3 rings (SSSR count). The molecule has 0 aliphatic heterocycles. The summed E-state index contributed by atoms with van der Waals surface area (Å²) >= 11 is 15.9. The minimum atomic E-state index is 0.506. The maximum atomic E-state index is 6.44. The minimum absolute atomic E-state index is 0.506. The van der Waals surface area contributed by atoms with Gasteiger partial charge in [-0.1, -0.05) is 65.7 Å². The molecule has 0 fully saturated rings. The lowest BCUT2D eigenvalue weighted by Gasteiger charge is -2.12. The van der Waals surface area contributed by atoms with E-state index in [1.54, 1.807) is 0 Å². The molecule has 0 radical (unpaired) electrons. The van der Waals surface area contributed by atoms with E-state index in [4.69, 9.17) is 27.9 Å². The van der Waals surface area contributed by atoms with E-state index >= 15 is 0 Å². The zero-order chi connectivity index (χ0) is 16.9. The first-order chi connectivity index (χ1) is 11.6. The summed E-state index contributed by atoms with van der Waals surface area (Å²) in [6.07, 6.45) is 0.744. The normalized spacial score (nSPS) is 10.6. The first-order valence-electron chi connectivity index (χ1n) is 7.51. The Morgan fingerprint density at radius 3 is 2.25 bits per heavy atom. The van der Waals surface area contributed by atoms with Gasteiger partial charge in [-0.25, -0.2) is 0 Å². The smallest absolute Gasteiger partial charge is 0.135 e. The number of hydrogen-bond acceptors (Lipinski definition) is 1. The second-order valence-corrected chi connectivity index (χ2v) is 7.15. The van der Waals surface area contributed by atoms with E-state index in [1.807, 2.05) is 66.7 Å². The molecular formula is C20H15BrCl2O. The highest BCUT2D eigenvalue weighted by Crippen LogP contribution is 2.33. The highest BCUT2D eigenvalue weighted by molar-refractivity contribution is 9.10. The lowest BCUT2D eigenvalue weighted by molar-refractivity contribution is 0.304. The molecule has 0 aliphatic carbocycles. The third-order valence-electron chi connectivity index (χ3n) is 3.65. The Morgan fingerprint density at radius 1 is 0.833 bits per heavy atom. The van der Waals surface area contributed by atoms with Crippen LogP contribution in [-0.2, 0) is 13.0 Å². The molecule has 3 aromatic carbocycles. The molecule has 4 heteroatoms. The molecule has 0 aliphatic rings. The zero-order valence-electron chi connectivity index (χ0n) is 12.8. The van der Waals surface area contributed by atoms with E-state index in [-0.39, 0.29) is 0 Å². The van der Waals surface area contributed by atoms with Crippen molar-refractivity contribution in [3.8, 4) is 5.75 Å². The van der Waals surface area contributed by atoms with Crippen LogP contribution in [0.25, 0.3) is 0 Å². The third kappa shape index (κ3) is 4.54. The van der Waals surface area contributed by atoms with Gasteiger partial charge in [-0.15, -0.1) is 0 Å². The van der Waals surface area contributed by atoms with Crippen LogP contribution in [0.15, 0.2) is 71.2 Å². The molecule has 3 aromatic rings. The van der Waals surface area contributed by atoms with Gasteiger partial charge in [-0.3, -0.25) is 0 Å². The molecule has 1 nitrogen and oxygen atoms in total. The van der Waals surface area contributed by atoms with E-state index in [0.29, 0.717) is 11.6 Å². The van der Waals surface area contributed by atoms with Gasteiger partial charge >= 0.3 is 0 Å². The van der Waals surface area contributed by atoms with Crippen molar-refractivity contribution >= 4 is 39.1 Å². The largest absolute Gasteiger partial charge is 0.488 e. The van der Waals surface area contributed by atoms with E-state index in [2.05, 4.69) is 15.9 Å². The van der Waals surface area contributed by atoms with E-state index in [9.17, 15) is 0 Å². The first kappa shape index (κ1) is 17.3. The molecule has 0 amide bonds. The van der Waals surface area contributed by atoms with Gasteiger partial charge in [0.1, 0.15) is 12.4 Å². The van der Waals surface area contributed by atoms with Crippen LogP contribution in [0.5, 0.6) is 5.75 Å². The van der Waals surface area contributed by atoms with Crippen molar-refractivity contribution in [1.29, 1.82) is 0 Å². The molecule has 0 atom stereocenters. The summed E-state index contributed by atoms with van der Waals surface area (Å²) in [5.74, 6) is 0.740. The number of hydrogen-bond donors (Lipinski definition) is 0. The number of ether oxygens (including phenoxy) is 1. The topological polar surface area (TPSA) is 9.23 Å². The van der Waals surface area contributed by atoms with Crippen molar-refractivity contribution in [1.82, 2.24) is 0 Å². The van der Waals surface area contributed by atoms with Crippen LogP contribution in [0.3, 0.4) is 0 Å². The quantitative estimate of drug-likeness (QED) is 0.434. The maximum Gasteiger partial charge on any atom is 0.135 e. The summed E-state index contributed by atoms with van der Waals surface area (Å²) in [6.45, 7) is 0.506. The summed E-state index contributed by atoms with van der Waals surface area (Å²) in [5.41, 5.74) is 3.31. The molecule has 0 bridgehead atoms. The van der Waals surface area contributed by atoms with Gasteiger partial charge in [-0.05, 0) is 57.2 Å². The summed E-state index contributed by atoms with van der Waals surface area (Å²) in [7, 11) is 0. The SMILES string of the molecule is Clc1ccc(Cc2cc(Br)c(OCc3ccccc3)cc2Cl)cc1. The standard InChI is InChI=1S/C20H15BrCl2O/c21-18-11-16(10-14-6-8-17(22)9-7-14)19(23)12-20(18)24-13-15-4-2-1-3-5-15/h1-9,11-12H,10,13H2. The number of rotatable bonds is 5. The predicted octanol–water partition coefficient (Wildman–Crippen LogP) is 6.93. The van der Waals surface area contributed by atoms with Crippen LogP contribution in [0.1, 0.15) is 16.7 Å². The average molecular weight is 422 g/mol. The highest BCUT2D eigenvalue weighted by Gasteiger charge is 2.09. The Morgan fingerprint density at radius 2 is 1.54 bits per heavy atom. The van der Waals surface area contributed by atoms with Crippen LogP contribution in [-0.4, -0.2) is 0 Å². The Kier molecular flexibility index (Phi) is 5.83. The lowest BCUT2D eigenvalue weighted by atomic mass is 10.0. The van der Waals surface area contributed by atoms with E-state index in [1.165, 1.54) is 0 Å². The monoisotopic (exact) mass is 420 g/mol. The second kappa shape index (κ2) is 8.06. The molecular weight excluding hydrogens is 407 g/mol. The Labute approximate surface area is 160 Å². The average Bonchev–Trinajstić information content (AvgIpc) is 2.59. The maximum absolute atomic E-state index is 6.44.